The molecule has 1 aromatic heterocycles. The van der Waals surface area contributed by atoms with Crippen LogP contribution in [0.4, 0.5) is 4.79 Å². The first-order valence-electron chi connectivity index (χ1n) is 6.90. The van der Waals surface area contributed by atoms with Crippen LogP contribution in [0.1, 0.15) is 29.4 Å². The molecule has 0 unspecified atom stereocenters. The van der Waals surface area contributed by atoms with E-state index in [1.807, 2.05) is 6.07 Å². The fraction of sp³-hybridized carbons (Fsp3) is 0.357. The first-order valence-corrected chi connectivity index (χ1v) is 7.66. The minimum absolute atomic E-state index is 0.0516. The highest BCUT2D eigenvalue weighted by molar-refractivity contribution is 6.42. The van der Waals surface area contributed by atoms with E-state index in [0.29, 0.717) is 22.4 Å². The lowest BCUT2D eigenvalue weighted by molar-refractivity contribution is 0.236. The Kier molecular flexibility index (Phi) is 4.22. The summed E-state index contributed by atoms with van der Waals surface area (Å²) in [7, 11) is 1.78. The normalized spacial score (nSPS) is 16.4. The van der Waals surface area contributed by atoms with Crippen LogP contribution in [0.2, 0.25) is 10.0 Å². The fourth-order valence-corrected chi connectivity index (χ4v) is 3.07. The molecule has 2 aromatic rings. The van der Waals surface area contributed by atoms with E-state index in [2.05, 4.69) is 20.7 Å². The number of hydrogen-bond donors (Lipinski definition) is 2. The van der Waals surface area contributed by atoms with Gasteiger partial charge in [0, 0.05) is 7.05 Å². The van der Waals surface area contributed by atoms with Crippen molar-refractivity contribution in [1.82, 2.24) is 25.4 Å². The number of carbonyl (C=O) groups is 1. The molecule has 116 valence electrons. The van der Waals surface area contributed by atoms with Gasteiger partial charge in [-0.2, -0.15) is 5.10 Å². The minimum atomic E-state index is -0.244. The van der Waals surface area contributed by atoms with Gasteiger partial charge in [-0.3, -0.25) is 4.68 Å². The van der Waals surface area contributed by atoms with E-state index in [9.17, 15) is 4.79 Å². The molecule has 1 aliphatic rings. The van der Waals surface area contributed by atoms with E-state index in [4.69, 9.17) is 23.2 Å². The van der Waals surface area contributed by atoms with Gasteiger partial charge in [-0.1, -0.05) is 29.3 Å². The third kappa shape index (κ3) is 2.89. The SMILES string of the molecule is Cn1ncnc1CNC(=O)N[C@@H]1CCc2c1ccc(Cl)c2Cl. The average Bonchev–Trinajstić information content (AvgIpc) is 3.08. The Morgan fingerprint density at radius 1 is 1.45 bits per heavy atom. The van der Waals surface area contributed by atoms with Crippen LogP contribution in [-0.4, -0.2) is 20.8 Å². The molecule has 8 heteroatoms. The van der Waals surface area contributed by atoms with E-state index >= 15 is 0 Å². The molecule has 0 fully saturated rings. The standard InChI is InChI=1S/C14H15Cl2N5O/c1-21-12(18-7-19-21)6-17-14(22)20-11-5-3-9-8(11)2-4-10(15)13(9)16/h2,4,7,11H,3,5-6H2,1H3,(H2,17,20,22)/t11-/m1/s1. The average molecular weight is 340 g/mol. The van der Waals surface area contributed by atoms with Crippen LogP contribution in [0.3, 0.4) is 0 Å². The van der Waals surface area contributed by atoms with Crippen LogP contribution in [-0.2, 0) is 20.0 Å². The second kappa shape index (κ2) is 6.14. The van der Waals surface area contributed by atoms with Gasteiger partial charge in [-0.25, -0.2) is 9.78 Å². The van der Waals surface area contributed by atoms with Gasteiger partial charge in [-0.05, 0) is 30.0 Å². The molecule has 2 N–H and O–H groups in total. The molecule has 0 radical (unpaired) electrons. The maximum absolute atomic E-state index is 12.0. The zero-order valence-corrected chi connectivity index (χ0v) is 13.4. The Labute approximate surface area is 137 Å². The van der Waals surface area contributed by atoms with Gasteiger partial charge in [0.25, 0.3) is 0 Å². The lowest BCUT2D eigenvalue weighted by Gasteiger charge is -2.15. The zero-order valence-electron chi connectivity index (χ0n) is 11.9. The summed E-state index contributed by atoms with van der Waals surface area (Å²) in [6.07, 6.45) is 3.07. The molecule has 6 nitrogen and oxygen atoms in total. The number of rotatable bonds is 3. The Morgan fingerprint density at radius 2 is 2.27 bits per heavy atom. The molecule has 0 aliphatic heterocycles. The monoisotopic (exact) mass is 339 g/mol. The third-order valence-corrected chi connectivity index (χ3v) is 4.65. The molecule has 1 aromatic carbocycles. The first-order chi connectivity index (χ1) is 10.6. The number of amides is 2. The van der Waals surface area contributed by atoms with E-state index < -0.39 is 0 Å². The number of nitrogens with zero attached hydrogens (tertiary/aromatic N) is 3. The van der Waals surface area contributed by atoms with Gasteiger partial charge in [0.05, 0.1) is 22.6 Å². The van der Waals surface area contributed by atoms with Gasteiger partial charge < -0.3 is 10.6 Å². The van der Waals surface area contributed by atoms with Gasteiger partial charge in [0.2, 0.25) is 0 Å². The van der Waals surface area contributed by atoms with Crippen LogP contribution in [0.15, 0.2) is 18.5 Å². The van der Waals surface area contributed by atoms with Crippen molar-refractivity contribution in [3.05, 3.63) is 45.5 Å². The summed E-state index contributed by atoms with van der Waals surface area (Å²) in [4.78, 5) is 16.1. The largest absolute Gasteiger partial charge is 0.331 e. The Balaban J connectivity index is 1.62. The Hall–Kier alpha value is -1.79. The summed E-state index contributed by atoms with van der Waals surface area (Å²) in [6, 6.07) is 3.39. The molecule has 22 heavy (non-hydrogen) atoms. The summed E-state index contributed by atoms with van der Waals surface area (Å²) in [5.74, 6) is 0.691. The molecule has 1 atom stereocenters. The van der Waals surface area contributed by atoms with Gasteiger partial charge in [0.15, 0.2) is 0 Å². The molecule has 1 aliphatic carbocycles. The maximum Gasteiger partial charge on any atom is 0.315 e. The molecule has 3 rings (SSSR count). The third-order valence-electron chi connectivity index (χ3n) is 3.81. The number of carbonyl (C=O) groups excluding carboxylic acids is 1. The highest BCUT2D eigenvalue weighted by Gasteiger charge is 2.26. The number of aromatic nitrogens is 3. The van der Waals surface area contributed by atoms with E-state index in [-0.39, 0.29) is 12.1 Å². The second-order valence-corrected chi connectivity index (χ2v) is 5.93. The summed E-state index contributed by atoms with van der Waals surface area (Å²) in [6.45, 7) is 0.323. The number of halogens is 2. The van der Waals surface area contributed by atoms with Crippen LogP contribution in [0, 0.1) is 0 Å². The quantitative estimate of drug-likeness (QED) is 0.902. The number of aryl methyl sites for hydroxylation is 1. The molecular formula is C14H15Cl2N5O. The van der Waals surface area contributed by atoms with E-state index in [0.717, 1.165) is 24.0 Å². The van der Waals surface area contributed by atoms with Crippen LogP contribution < -0.4 is 10.6 Å². The van der Waals surface area contributed by atoms with Gasteiger partial charge in [0.1, 0.15) is 12.2 Å². The molecule has 1 heterocycles. The van der Waals surface area contributed by atoms with Crippen LogP contribution in [0.5, 0.6) is 0 Å². The summed E-state index contributed by atoms with van der Waals surface area (Å²) < 4.78 is 1.62. The fourth-order valence-electron chi connectivity index (χ4n) is 2.63. The van der Waals surface area contributed by atoms with Crippen molar-refractivity contribution >= 4 is 29.2 Å². The highest BCUT2D eigenvalue weighted by atomic mass is 35.5. The van der Waals surface area contributed by atoms with Crippen molar-refractivity contribution in [3.63, 3.8) is 0 Å². The molecule has 2 amide bonds. The van der Waals surface area contributed by atoms with Crippen LogP contribution >= 0.6 is 23.2 Å². The smallest absolute Gasteiger partial charge is 0.315 e. The summed E-state index contributed by atoms with van der Waals surface area (Å²) >= 11 is 12.2. The van der Waals surface area contributed by atoms with Gasteiger partial charge in [-0.15, -0.1) is 0 Å². The van der Waals surface area contributed by atoms with E-state index in [1.54, 1.807) is 17.8 Å². The molecular weight excluding hydrogens is 325 g/mol. The van der Waals surface area contributed by atoms with Crippen molar-refractivity contribution in [2.24, 2.45) is 7.05 Å². The summed E-state index contributed by atoms with van der Waals surface area (Å²) in [5.41, 5.74) is 2.05. The lowest BCUT2D eigenvalue weighted by Crippen LogP contribution is -2.37. The number of nitrogens with one attached hydrogen (secondary N) is 2. The maximum atomic E-state index is 12.0. The molecule has 0 spiro atoms. The number of fused-ring (bicyclic) bond motifs is 1. The highest BCUT2D eigenvalue weighted by Crippen LogP contribution is 2.38. The minimum Gasteiger partial charge on any atom is -0.331 e. The molecule has 0 bridgehead atoms. The number of hydrogen-bond acceptors (Lipinski definition) is 3. The first kappa shape index (κ1) is 15.1. The van der Waals surface area contributed by atoms with Crippen LogP contribution in [0.25, 0.3) is 0 Å². The van der Waals surface area contributed by atoms with Crippen molar-refractivity contribution in [1.29, 1.82) is 0 Å². The van der Waals surface area contributed by atoms with Gasteiger partial charge >= 0.3 is 6.03 Å². The Morgan fingerprint density at radius 3 is 3.00 bits per heavy atom. The van der Waals surface area contributed by atoms with Crippen molar-refractivity contribution in [2.45, 2.75) is 25.4 Å². The predicted octanol–water partition coefficient (Wildman–Crippen LogP) is 2.61. The van der Waals surface area contributed by atoms with E-state index in [1.165, 1.54) is 6.33 Å². The second-order valence-electron chi connectivity index (χ2n) is 5.15. The van der Waals surface area contributed by atoms with Crippen molar-refractivity contribution < 1.29 is 4.79 Å². The molecule has 0 saturated heterocycles. The lowest BCUT2D eigenvalue weighted by atomic mass is 10.1. The number of urea groups is 1. The molecule has 0 saturated carbocycles. The van der Waals surface area contributed by atoms with Crippen molar-refractivity contribution in [3.8, 4) is 0 Å². The zero-order chi connectivity index (χ0) is 15.7. The topological polar surface area (TPSA) is 71.8 Å². The summed E-state index contributed by atoms with van der Waals surface area (Å²) in [5, 5.41) is 10.8. The Bertz CT molecular complexity index is 715. The predicted molar refractivity (Wildman–Crippen MR) is 83.9 cm³/mol. The van der Waals surface area contributed by atoms with Crippen molar-refractivity contribution in [2.75, 3.05) is 0 Å². The number of benzene rings is 1.